The van der Waals surface area contributed by atoms with Crippen molar-refractivity contribution in [1.29, 1.82) is 0 Å². The number of anilines is 1. The summed E-state index contributed by atoms with van der Waals surface area (Å²) < 4.78 is 47.8. The van der Waals surface area contributed by atoms with Crippen LogP contribution in [0.1, 0.15) is 24.6 Å². The Balaban J connectivity index is 1.54. The Morgan fingerprint density at radius 3 is 2.72 bits per heavy atom. The normalized spacial score (nSPS) is 17.9. The lowest BCUT2D eigenvalue weighted by atomic mass is 9.98. The largest absolute Gasteiger partial charge is 0.494 e. The molecule has 1 saturated heterocycles. The maximum absolute atomic E-state index is 15.4. The summed E-state index contributed by atoms with van der Waals surface area (Å²) >= 11 is 6.47. The van der Waals surface area contributed by atoms with Crippen molar-refractivity contribution in [2.24, 2.45) is 0 Å². The molecule has 4 aromatic rings. The van der Waals surface area contributed by atoms with Gasteiger partial charge in [0, 0.05) is 17.5 Å². The molecule has 0 aliphatic carbocycles. The number of hydrogen-bond donors (Lipinski definition) is 2. The molecule has 1 aliphatic heterocycles. The number of benzene rings is 2. The highest BCUT2D eigenvalue weighted by Gasteiger charge is 2.29. The van der Waals surface area contributed by atoms with E-state index in [0.29, 0.717) is 30.8 Å². The van der Waals surface area contributed by atoms with Crippen molar-refractivity contribution in [2.75, 3.05) is 26.1 Å². The number of methoxy groups -OCH3 is 1. The van der Waals surface area contributed by atoms with E-state index in [2.05, 4.69) is 4.98 Å². The molecule has 5 rings (SSSR count). The van der Waals surface area contributed by atoms with Crippen molar-refractivity contribution in [3.8, 4) is 28.5 Å². The van der Waals surface area contributed by atoms with Gasteiger partial charge in [-0.1, -0.05) is 17.7 Å². The van der Waals surface area contributed by atoms with Gasteiger partial charge in [0.1, 0.15) is 39.6 Å². The van der Waals surface area contributed by atoms with Gasteiger partial charge in [0.25, 0.3) is 0 Å². The van der Waals surface area contributed by atoms with E-state index in [1.165, 1.54) is 37.6 Å². The Bertz CT molecular complexity index is 1420. The van der Waals surface area contributed by atoms with E-state index in [1.54, 1.807) is 10.5 Å². The Morgan fingerprint density at radius 1 is 1.22 bits per heavy atom. The highest BCUT2D eigenvalue weighted by atomic mass is 35.5. The molecule has 0 amide bonds. The van der Waals surface area contributed by atoms with E-state index in [1.807, 2.05) is 0 Å². The lowest BCUT2D eigenvalue weighted by Gasteiger charge is -2.27. The number of nitrogen functional groups attached to an aromatic ring is 1. The van der Waals surface area contributed by atoms with Crippen LogP contribution in [0, 0.1) is 11.6 Å². The molecular formula is C25H23ClF2N4O4. The number of aromatic nitrogens is 3. The van der Waals surface area contributed by atoms with Gasteiger partial charge in [-0.3, -0.25) is 4.40 Å². The molecule has 3 N–H and O–H groups in total. The van der Waals surface area contributed by atoms with E-state index >= 15 is 4.39 Å². The Hall–Kier alpha value is -3.47. The van der Waals surface area contributed by atoms with Crippen molar-refractivity contribution in [3.63, 3.8) is 0 Å². The molecule has 0 radical (unpaired) electrons. The summed E-state index contributed by atoms with van der Waals surface area (Å²) in [7, 11) is 1.34. The van der Waals surface area contributed by atoms with Crippen molar-refractivity contribution in [2.45, 2.75) is 24.9 Å². The van der Waals surface area contributed by atoms with Crippen LogP contribution in [-0.4, -0.2) is 45.9 Å². The van der Waals surface area contributed by atoms with Crippen molar-refractivity contribution < 1.29 is 28.1 Å². The highest BCUT2D eigenvalue weighted by molar-refractivity contribution is 6.30. The molecule has 3 heterocycles. The summed E-state index contributed by atoms with van der Waals surface area (Å²) in [4.78, 5) is 8.85. The minimum Gasteiger partial charge on any atom is -0.494 e. The topological polar surface area (TPSA) is 104 Å². The number of fused-ring (bicyclic) bond motifs is 1. The molecule has 0 spiro atoms. The second-order valence-corrected chi connectivity index (χ2v) is 8.78. The monoisotopic (exact) mass is 516 g/mol. The molecule has 1 fully saturated rings. The first kappa shape index (κ1) is 24.2. The molecule has 2 aromatic carbocycles. The van der Waals surface area contributed by atoms with E-state index in [4.69, 9.17) is 36.5 Å². The number of nitrogens with two attached hydrogens (primary N) is 1. The maximum atomic E-state index is 15.4. The minimum atomic E-state index is -0.694. The molecule has 0 saturated carbocycles. The fraction of sp³-hybridized carbons (Fsp3) is 0.280. The molecule has 1 aliphatic rings. The predicted octanol–water partition coefficient (Wildman–Crippen LogP) is 4.97. The van der Waals surface area contributed by atoms with Crippen LogP contribution in [0.5, 0.6) is 17.2 Å². The number of ether oxygens (including phenoxy) is 3. The molecule has 2 aromatic heterocycles. The zero-order valence-electron chi connectivity index (χ0n) is 19.2. The van der Waals surface area contributed by atoms with E-state index in [-0.39, 0.29) is 58.1 Å². The number of rotatable bonds is 6. The molecule has 11 heteroatoms. The highest BCUT2D eigenvalue weighted by Crippen LogP contribution is 2.38. The number of hydrogen-bond acceptors (Lipinski definition) is 7. The van der Waals surface area contributed by atoms with Gasteiger partial charge in [0.2, 0.25) is 5.82 Å². The number of nitrogens with zero attached hydrogens (tertiary/aromatic N) is 3. The molecular weight excluding hydrogens is 494 g/mol. The first-order valence-electron chi connectivity index (χ1n) is 11.3. The summed E-state index contributed by atoms with van der Waals surface area (Å²) in [5, 5.41) is 9.64. The number of aliphatic hydroxyl groups is 1. The lowest BCUT2D eigenvalue weighted by molar-refractivity contribution is -0.0282. The van der Waals surface area contributed by atoms with Gasteiger partial charge in [0.15, 0.2) is 11.5 Å². The SMILES string of the molecule is COc1cccc(Oc2ccc(-c3nc(C4CCC(CO)OC4)n4c(Cl)cnc(N)c34)c(F)c2)c1F. The average molecular weight is 517 g/mol. The molecule has 2 unspecified atom stereocenters. The first-order chi connectivity index (χ1) is 17.4. The van der Waals surface area contributed by atoms with Crippen LogP contribution in [-0.2, 0) is 4.74 Å². The second-order valence-electron chi connectivity index (χ2n) is 8.40. The van der Waals surface area contributed by atoms with Crippen molar-refractivity contribution in [3.05, 3.63) is 65.2 Å². The van der Waals surface area contributed by atoms with Gasteiger partial charge < -0.3 is 25.1 Å². The average Bonchev–Trinajstić information content (AvgIpc) is 3.29. The van der Waals surface area contributed by atoms with Gasteiger partial charge in [0.05, 0.1) is 32.6 Å². The molecule has 188 valence electrons. The van der Waals surface area contributed by atoms with Crippen LogP contribution in [0.2, 0.25) is 5.15 Å². The molecule has 36 heavy (non-hydrogen) atoms. The minimum absolute atomic E-state index is 0.0125. The summed E-state index contributed by atoms with van der Waals surface area (Å²) in [6, 6.07) is 8.57. The fourth-order valence-corrected chi connectivity index (χ4v) is 4.57. The zero-order chi connectivity index (χ0) is 25.4. The molecule has 0 bridgehead atoms. The second kappa shape index (κ2) is 9.88. The lowest BCUT2D eigenvalue weighted by Crippen LogP contribution is -2.28. The summed E-state index contributed by atoms with van der Waals surface area (Å²) in [5.41, 5.74) is 6.96. The number of halogens is 3. The third-order valence-corrected chi connectivity index (χ3v) is 6.45. The Kier molecular flexibility index (Phi) is 6.65. The van der Waals surface area contributed by atoms with Gasteiger partial charge in [-0.05, 0) is 37.1 Å². The van der Waals surface area contributed by atoms with Crippen LogP contribution in [0.15, 0.2) is 42.6 Å². The first-order valence-corrected chi connectivity index (χ1v) is 11.6. The van der Waals surface area contributed by atoms with Crippen LogP contribution in [0.3, 0.4) is 0 Å². The summed E-state index contributed by atoms with van der Waals surface area (Å²) in [6.45, 7) is 0.265. The Labute approximate surface area is 210 Å². The maximum Gasteiger partial charge on any atom is 0.207 e. The van der Waals surface area contributed by atoms with Gasteiger partial charge in [-0.15, -0.1) is 0 Å². The van der Waals surface area contributed by atoms with E-state index < -0.39 is 11.6 Å². The Morgan fingerprint density at radius 2 is 2.03 bits per heavy atom. The third kappa shape index (κ3) is 4.32. The van der Waals surface area contributed by atoms with Crippen molar-refractivity contribution >= 4 is 22.9 Å². The summed E-state index contributed by atoms with van der Waals surface area (Å²) in [6.07, 6.45) is 2.53. The summed E-state index contributed by atoms with van der Waals surface area (Å²) in [5.74, 6) is -0.789. The molecule has 2 atom stereocenters. The van der Waals surface area contributed by atoms with Gasteiger partial charge in [-0.2, -0.15) is 4.39 Å². The van der Waals surface area contributed by atoms with E-state index in [0.717, 1.165) is 6.07 Å². The van der Waals surface area contributed by atoms with Crippen LogP contribution < -0.4 is 15.2 Å². The zero-order valence-corrected chi connectivity index (χ0v) is 20.0. The van der Waals surface area contributed by atoms with Gasteiger partial charge in [-0.25, -0.2) is 14.4 Å². The molecule has 8 nitrogen and oxygen atoms in total. The smallest absolute Gasteiger partial charge is 0.207 e. The van der Waals surface area contributed by atoms with E-state index in [9.17, 15) is 9.50 Å². The standard InChI is InChI=1S/C25H23ClF2N4O4/c1-34-18-3-2-4-19(21(18)28)36-14-7-8-16(17(27)9-14)22-23-24(29)30-10-20(26)32(23)25(31-22)13-5-6-15(11-33)35-12-13/h2-4,7-10,13,15,33H,5-6,11-12H2,1H3,(H2,29,30). The van der Waals surface area contributed by atoms with Crippen LogP contribution >= 0.6 is 11.6 Å². The quantitative estimate of drug-likeness (QED) is 0.373. The van der Waals surface area contributed by atoms with Crippen molar-refractivity contribution in [1.82, 2.24) is 14.4 Å². The third-order valence-electron chi connectivity index (χ3n) is 6.18. The predicted molar refractivity (Wildman–Crippen MR) is 130 cm³/mol. The number of aliphatic hydroxyl groups excluding tert-OH is 1. The number of imidazole rings is 1. The van der Waals surface area contributed by atoms with Crippen LogP contribution in [0.4, 0.5) is 14.6 Å². The van der Waals surface area contributed by atoms with Gasteiger partial charge >= 0.3 is 0 Å². The van der Waals surface area contributed by atoms with Crippen LogP contribution in [0.25, 0.3) is 16.8 Å². The fourth-order valence-electron chi connectivity index (χ4n) is 4.35.